The lowest BCUT2D eigenvalue weighted by Gasteiger charge is -2.24. The van der Waals surface area contributed by atoms with Crippen molar-refractivity contribution in [3.05, 3.63) is 29.3 Å². The van der Waals surface area contributed by atoms with Crippen molar-refractivity contribution in [2.45, 2.75) is 32.2 Å². The number of likely N-dealkylation sites (tertiary alicyclic amines) is 1. The molecule has 98 valence electrons. The number of benzene rings is 1. The molecule has 3 N–H and O–H groups in total. The van der Waals surface area contributed by atoms with Gasteiger partial charge in [-0.05, 0) is 43.9 Å². The Morgan fingerprint density at radius 3 is 3.00 bits per heavy atom. The maximum absolute atomic E-state index is 12.4. The number of anilines is 1. The molecule has 0 spiro atoms. The van der Waals surface area contributed by atoms with Gasteiger partial charge in [0.2, 0.25) is 0 Å². The Morgan fingerprint density at radius 1 is 1.56 bits per heavy atom. The molecule has 1 aliphatic rings. The number of aliphatic hydroxyl groups is 1. The summed E-state index contributed by atoms with van der Waals surface area (Å²) in [5, 5.41) is 9.02. The molecule has 1 heterocycles. The van der Waals surface area contributed by atoms with Crippen molar-refractivity contribution in [1.82, 2.24) is 4.90 Å². The second kappa shape index (κ2) is 5.40. The molecule has 18 heavy (non-hydrogen) atoms. The largest absolute Gasteiger partial charge is 0.398 e. The van der Waals surface area contributed by atoms with Crippen LogP contribution in [0.2, 0.25) is 0 Å². The highest BCUT2D eigenvalue weighted by Crippen LogP contribution is 2.23. The normalized spacial score (nSPS) is 19.2. The fourth-order valence-corrected chi connectivity index (χ4v) is 2.49. The lowest BCUT2D eigenvalue weighted by atomic mass is 10.1. The fraction of sp³-hybridized carbons (Fsp3) is 0.500. The molecular weight excluding hydrogens is 228 g/mol. The lowest BCUT2D eigenvalue weighted by Crippen LogP contribution is -2.36. The topological polar surface area (TPSA) is 66.6 Å². The van der Waals surface area contributed by atoms with Gasteiger partial charge < -0.3 is 15.7 Å². The molecule has 0 radical (unpaired) electrons. The van der Waals surface area contributed by atoms with E-state index < -0.39 is 0 Å². The van der Waals surface area contributed by atoms with Gasteiger partial charge in [0, 0.05) is 30.4 Å². The van der Waals surface area contributed by atoms with Crippen LogP contribution in [0.15, 0.2) is 18.2 Å². The van der Waals surface area contributed by atoms with Crippen LogP contribution < -0.4 is 5.73 Å². The zero-order valence-electron chi connectivity index (χ0n) is 10.7. The quantitative estimate of drug-likeness (QED) is 0.798. The van der Waals surface area contributed by atoms with Crippen LogP contribution in [-0.2, 0) is 0 Å². The van der Waals surface area contributed by atoms with Crippen molar-refractivity contribution in [3.63, 3.8) is 0 Å². The number of nitrogens with two attached hydrogens (primary N) is 1. The van der Waals surface area contributed by atoms with Gasteiger partial charge >= 0.3 is 0 Å². The summed E-state index contributed by atoms with van der Waals surface area (Å²) < 4.78 is 0. The maximum Gasteiger partial charge on any atom is 0.254 e. The first-order valence-corrected chi connectivity index (χ1v) is 6.41. The number of carbonyl (C=O) groups is 1. The van der Waals surface area contributed by atoms with Crippen LogP contribution in [0.4, 0.5) is 5.69 Å². The van der Waals surface area contributed by atoms with Gasteiger partial charge in [0.1, 0.15) is 0 Å². The first kappa shape index (κ1) is 12.9. The molecule has 1 saturated heterocycles. The highest BCUT2D eigenvalue weighted by molar-refractivity contribution is 5.95. The van der Waals surface area contributed by atoms with E-state index in [2.05, 4.69) is 0 Å². The van der Waals surface area contributed by atoms with E-state index in [-0.39, 0.29) is 18.6 Å². The average Bonchev–Trinajstić information content (AvgIpc) is 2.80. The van der Waals surface area contributed by atoms with Gasteiger partial charge in [0.05, 0.1) is 0 Å². The summed E-state index contributed by atoms with van der Waals surface area (Å²) in [7, 11) is 0. The molecule has 1 atom stereocenters. The molecule has 0 aliphatic carbocycles. The van der Waals surface area contributed by atoms with E-state index in [0.717, 1.165) is 24.9 Å². The Labute approximate surface area is 107 Å². The van der Waals surface area contributed by atoms with E-state index in [1.54, 1.807) is 6.07 Å². The monoisotopic (exact) mass is 248 g/mol. The van der Waals surface area contributed by atoms with Gasteiger partial charge in [-0.25, -0.2) is 0 Å². The van der Waals surface area contributed by atoms with Gasteiger partial charge in [-0.2, -0.15) is 0 Å². The van der Waals surface area contributed by atoms with Crippen molar-refractivity contribution in [2.24, 2.45) is 0 Å². The van der Waals surface area contributed by atoms with Gasteiger partial charge in [0.25, 0.3) is 5.91 Å². The van der Waals surface area contributed by atoms with Gasteiger partial charge in [0.15, 0.2) is 0 Å². The molecule has 1 aromatic carbocycles. The Balaban J connectivity index is 2.17. The van der Waals surface area contributed by atoms with Crippen molar-refractivity contribution in [1.29, 1.82) is 0 Å². The van der Waals surface area contributed by atoms with E-state index in [1.807, 2.05) is 24.0 Å². The standard InChI is InChI=1S/C14H20N2O2/c1-10-4-5-11(9-13(10)15)14(18)16-7-2-3-12(16)6-8-17/h4-5,9,12,17H,2-3,6-8,15H2,1H3. The molecule has 1 aliphatic heterocycles. The molecule has 2 rings (SSSR count). The molecular formula is C14H20N2O2. The minimum absolute atomic E-state index is 0.0256. The zero-order chi connectivity index (χ0) is 13.1. The summed E-state index contributed by atoms with van der Waals surface area (Å²) in [6, 6.07) is 5.61. The number of carbonyl (C=O) groups excluding carboxylic acids is 1. The number of nitrogens with zero attached hydrogens (tertiary/aromatic N) is 1. The van der Waals surface area contributed by atoms with Crippen LogP contribution in [0.25, 0.3) is 0 Å². The molecule has 1 unspecified atom stereocenters. The number of rotatable bonds is 3. The number of hydrogen-bond acceptors (Lipinski definition) is 3. The molecule has 1 amide bonds. The Morgan fingerprint density at radius 2 is 2.33 bits per heavy atom. The van der Waals surface area contributed by atoms with Crippen LogP contribution in [-0.4, -0.2) is 35.1 Å². The SMILES string of the molecule is Cc1ccc(C(=O)N2CCCC2CCO)cc1N. The maximum atomic E-state index is 12.4. The van der Waals surface area contributed by atoms with E-state index in [0.29, 0.717) is 17.7 Å². The number of nitrogen functional groups attached to an aromatic ring is 1. The molecule has 4 nitrogen and oxygen atoms in total. The van der Waals surface area contributed by atoms with Crippen LogP contribution in [0.5, 0.6) is 0 Å². The Hall–Kier alpha value is -1.55. The summed E-state index contributed by atoms with van der Waals surface area (Å²) in [4.78, 5) is 14.2. The lowest BCUT2D eigenvalue weighted by molar-refractivity contribution is 0.0716. The zero-order valence-corrected chi connectivity index (χ0v) is 10.7. The van der Waals surface area contributed by atoms with Crippen molar-refractivity contribution in [3.8, 4) is 0 Å². The highest BCUT2D eigenvalue weighted by atomic mass is 16.3. The number of hydrogen-bond donors (Lipinski definition) is 2. The third-order valence-electron chi connectivity index (χ3n) is 3.63. The molecule has 0 bridgehead atoms. The third-order valence-corrected chi connectivity index (χ3v) is 3.63. The van der Waals surface area contributed by atoms with E-state index in [9.17, 15) is 4.79 Å². The molecule has 1 aromatic rings. The Bertz CT molecular complexity index is 445. The van der Waals surface area contributed by atoms with E-state index in [1.165, 1.54) is 0 Å². The first-order chi connectivity index (χ1) is 8.63. The molecule has 4 heteroatoms. The van der Waals surface area contributed by atoms with Gasteiger partial charge in [-0.1, -0.05) is 6.07 Å². The second-order valence-electron chi connectivity index (χ2n) is 4.88. The van der Waals surface area contributed by atoms with Crippen LogP contribution >= 0.6 is 0 Å². The average molecular weight is 248 g/mol. The predicted octanol–water partition coefficient (Wildman–Crippen LogP) is 1.56. The van der Waals surface area contributed by atoms with Crippen LogP contribution in [0, 0.1) is 6.92 Å². The Kier molecular flexibility index (Phi) is 3.87. The minimum atomic E-state index is 0.0256. The summed E-state index contributed by atoms with van der Waals surface area (Å²) in [6.07, 6.45) is 2.65. The number of amides is 1. The van der Waals surface area contributed by atoms with Gasteiger partial charge in [-0.3, -0.25) is 4.79 Å². The molecule has 0 saturated carbocycles. The summed E-state index contributed by atoms with van der Waals surface area (Å²) in [6.45, 7) is 2.83. The van der Waals surface area contributed by atoms with Crippen molar-refractivity contribution < 1.29 is 9.90 Å². The van der Waals surface area contributed by atoms with Crippen LogP contribution in [0.1, 0.15) is 35.2 Å². The van der Waals surface area contributed by atoms with Gasteiger partial charge in [-0.15, -0.1) is 0 Å². The summed E-state index contributed by atoms with van der Waals surface area (Å²) in [5.41, 5.74) is 8.12. The summed E-state index contributed by atoms with van der Waals surface area (Å²) >= 11 is 0. The third kappa shape index (κ3) is 2.48. The highest BCUT2D eigenvalue weighted by Gasteiger charge is 2.28. The van der Waals surface area contributed by atoms with Crippen molar-refractivity contribution in [2.75, 3.05) is 18.9 Å². The number of aryl methyl sites for hydroxylation is 1. The fourth-order valence-electron chi connectivity index (χ4n) is 2.49. The summed E-state index contributed by atoms with van der Waals surface area (Å²) in [5.74, 6) is 0.0256. The second-order valence-corrected chi connectivity index (χ2v) is 4.88. The first-order valence-electron chi connectivity index (χ1n) is 6.41. The molecule has 1 fully saturated rings. The van der Waals surface area contributed by atoms with Crippen molar-refractivity contribution >= 4 is 11.6 Å². The predicted molar refractivity (Wildman–Crippen MR) is 71.4 cm³/mol. The van der Waals surface area contributed by atoms with E-state index in [4.69, 9.17) is 10.8 Å². The minimum Gasteiger partial charge on any atom is -0.398 e. The van der Waals surface area contributed by atoms with E-state index >= 15 is 0 Å². The smallest absolute Gasteiger partial charge is 0.254 e. The number of aliphatic hydroxyl groups excluding tert-OH is 1. The van der Waals surface area contributed by atoms with Crippen LogP contribution in [0.3, 0.4) is 0 Å². The molecule has 0 aromatic heterocycles.